The van der Waals surface area contributed by atoms with E-state index in [2.05, 4.69) is 9.13 Å². The second-order valence-corrected chi connectivity index (χ2v) is 16.5. The van der Waals surface area contributed by atoms with E-state index in [1.807, 2.05) is 54.6 Å². The van der Waals surface area contributed by atoms with Crippen LogP contribution in [0.3, 0.4) is 0 Å². The highest BCUT2D eigenvalue weighted by Crippen LogP contribution is 2.41. The number of hydrogen-bond acceptors (Lipinski definition) is 4. The van der Waals surface area contributed by atoms with Gasteiger partial charge in [0.2, 0.25) is 0 Å². The van der Waals surface area contributed by atoms with Crippen molar-refractivity contribution in [3.8, 4) is 11.5 Å². The Morgan fingerprint density at radius 3 is 2.10 bits per heavy atom. The zero-order valence-electron chi connectivity index (χ0n) is 19.4. The maximum absolute atomic E-state index is 13.0. The number of nitrogens with zero attached hydrogens (tertiary/aromatic N) is 1. The van der Waals surface area contributed by atoms with E-state index in [1.165, 1.54) is 12.1 Å². The molecule has 0 aliphatic heterocycles. The van der Waals surface area contributed by atoms with Crippen molar-refractivity contribution in [1.29, 1.82) is 0 Å². The second kappa shape index (κ2) is 9.52. The Labute approximate surface area is 182 Å². The zero-order chi connectivity index (χ0) is 23.5. The van der Waals surface area contributed by atoms with Gasteiger partial charge in [0.1, 0.15) is 21.9 Å². The number of halogens is 3. The highest BCUT2D eigenvalue weighted by Gasteiger charge is 2.40. The van der Waals surface area contributed by atoms with E-state index in [9.17, 15) is 17.7 Å². The molecule has 1 unspecified atom stereocenters. The van der Waals surface area contributed by atoms with Gasteiger partial charge in [-0.3, -0.25) is 0 Å². The van der Waals surface area contributed by atoms with Crippen molar-refractivity contribution in [2.75, 3.05) is 0 Å². The van der Waals surface area contributed by atoms with Crippen LogP contribution < -0.4 is 9.16 Å². The van der Waals surface area contributed by atoms with Crippen molar-refractivity contribution in [2.45, 2.75) is 90.5 Å². The molecular formula is C21H34F3NO3SSi. The topological polar surface area (TPSA) is 53.9 Å². The molecule has 0 radical (unpaired) electrons. The van der Waals surface area contributed by atoms with Gasteiger partial charge in [-0.1, -0.05) is 31.2 Å². The molecule has 0 aromatic heterocycles. The number of aryl methyl sites for hydroxylation is 1. The normalized spacial score (nSPS) is 15.2. The fraction of sp³-hybridized carbons (Fsp3) is 0.667. The molecule has 0 N–H and O–H groups in total. The molecule has 0 aliphatic rings. The first-order chi connectivity index (χ1) is 13.3. The summed E-state index contributed by atoms with van der Waals surface area (Å²) in [6, 6.07) is 4.64. The van der Waals surface area contributed by atoms with Crippen LogP contribution in [0.2, 0.25) is 18.1 Å². The van der Waals surface area contributed by atoms with Gasteiger partial charge in [0.25, 0.3) is 8.32 Å². The molecule has 1 rings (SSSR count). The van der Waals surface area contributed by atoms with Crippen molar-refractivity contribution in [1.82, 2.24) is 0 Å². The van der Waals surface area contributed by atoms with Crippen molar-refractivity contribution in [3.05, 3.63) is 23.8 Å². The number of benzene rings is 1. The summed E-state index contributed by atoms with van der Waals surface area (Å²) in [4.78, 5) is 0. The summed E-state index contributed by atoms with van der Waals surface area (Å²) in [5.74, 6) is -0.237. The fourth-order valence-electron chi connectivity index (χ4n) is 2.07. The first-order valence-corrected chi connectivity index (χ1v) is 13.9. The van der Waals surface area contributed by atoms with Crippen LogP contribution in [0.15, 0.2) is 22.6 Å². The summed E-state index contributed by atoms with van der Waals surface area (Å²) in [6.45, 7) is 17.3. The second-order valence-electron chi connectivity index (χ2n) is 9.88. The van der Waals surface area contributed by atoms with Crippen molar-refractivity contribution < 1.29 is 26.9 Å². The molecule has 0 amide bonds. The minimum absolute atomic E-state index is 0.0990. The highest BCUT2D eigenvalue weighted by atomic mass is 32.2. The summed E-state index contributed by atoms with van der Waals surface area (Å²) in [5.41, 5.74) is 1.34. The Morgan fingerprint density at radius 1 is 1.07 bits per heavy atom. The predicted octanol–water partition coefficient (Wildman–Crippen LogP) is 6.82. The maximum atomic E-state index is 13.0. The lowest BCUT2D eigenvalue weighted by atomic mass is 10.1. The number of rotatable bonds is 7. The lowest BCUT2D eigenvalue weighted by molar-refractivity contribution is -0.275. The van der Waals surface area contributed by atoms with Crippen LogP contribution in [0.1, 0.15) is 60.5 Å². The van der Waals surface area contributed by atoms with Crippen LogP contribution >= 0.6 is 0 Å². The highest BCUT2D eigenvalue weighted by molar-refractivity contribution is 7.91. The molecule has 0 spiro atoms. The Morgan fingerprint density at radius 2 is 1.63 bits per heavy atom. The van der Waals surface area contributed by atoms with Crippen LogP contribution in [0.25, 0.3) is 0 Å². The molecule has 1 aromatic carbocycles. The summed E-state index contributed by atoms with van der Waals surface area (Å²) < 4.78 is 65.1. The molecule has 9 heteroatoms. The van der Waals surface area contributed by atoms with Gasteiger partial charge in [0, 0.05) is 0 Å². The van der Waals surface area contributed by atoms with Gasteiger partial charge in [0.15, 0.2) is 5.75 Å². The Balaban J connectivity index is 3.09. The summed E-state index contributed by atoms with van der Waals surface area (Å²) in [6.07, 6.45) is -3.88. The molecule has 0 saturated heterocycles. The van der Waals surface area contributed by atoms with Crippen molar-refractivity contribution in [3.63, 3.8) is 0 Å². The smallest absolute Gasteiger partial charge is 0.573 e. The Kier molecular flexibility index (Phi) is 8.52. The van der Waals surface area contributed by atoms with Gasteiger partial charge in [-0.2, -0.15) is 0 Å². The molecule has 0 aliphatic carbocycles. The van der Waals surface area contributed by atoms with Crippen LogP contribution in [-0.4, -0.2) is 29.7 Å². The summed E-state index contributed by atoms with van der Waals surface area (Å²) in [5, 5.41) is -0.169. The third-order valence-electron chi connectivity index (χ3n) is 4.94. The monoisotopic (exact) mass is 465 g/mol. The molecule has 30 heavy (non-hydrogen) atoms. The van der Waals surface area contributed by atoms with Gasteiger partial charge in [-0.15, -0.1) is 13.2 Å². The zero-order valence-corrected chi connectivity index (χ0v) is 21.2. The first kappa shape index (κ1) is 26.8. The molecule has 1 atom stereocenters. The van der Waals surface area contributed by atoms with E-state index in [-0.39, 0.29) is 16.5 Å². The fourth-order valence-corrected chi connectivity index (χ4v) is 3.75. The molecule has 0 saturated carbocycles. The number of hydrogen-bond donors (Lipinski definition) is 0. The van der Waals surface area contributed by atoms with E-state index in [0.29, 0.717) is 24.1 Å². The maximum Gasteiger partial charge on any atom is 0.573 e. The molecular weight excluding hydrogens is 431 g/mol. The molecule has 0 heterocycles. The third kappa shape index (κ3) is 8.51. The van der Waals surface area contributed by atoms with E-state index in [4.69, 9.17) is 4.43 Å². The Bertz CT molecular complexity index is 753. The molecule has 172 valence electrons. The van der Waals surface area contributed by atoms with Crippen LogP contribution in [0, 0.1) is 0 Å². The minimum atomic E-state index is -4.81. The number of ether oxygens (including phenoxy) is 1. The summed E-state index contributed by atoms with van der Waals surface area (Å²) >= 11 is -1.37. The lowest BCUT2D eigenvalue weighted by Crippen LogP contribution is -2.44. The van der Waals surface area contributed by atoms with Gasteiger partial charge >= 0.3 is 6.36 Å². The average molecular weight is 466 g/mol. The average Bonchev–Trinajstić information content (AvgIpc) is 2.51. The molecule has 0 bridgehead atoms. The van der Waals surface area contributed by atoms with Crippen LogP contribution in [0.5, 0.6) is 11.5 Å². The van der Waals surface area contributed by atoms with E-state index < -0.39 is 30.8 Å². The number of alkyl halides is 3. The van der Waals surface area contributed by atoms with E-state index >= 15 is 0 Å². The molecule has 4 nitrogen and oxygen atoms in total. The van der Waals surface area contributed by atoms with Crippen LogP contribution in [0.4, 0.5) is 13.2 Å². The Hall–Kier alpha value is -1.19. The van der Waals surface area contributed by atoms with Gasteiger partial charge in [-0.05, 0) is 76.4 Å². The standard InChI is InChI=1S/C21H34F3NO3SSi/c1-15(25-29(26)19(2,3)4)10-11-16-12-13-17(18(14-16)27-21(22,23)24)28-30(8,9)20(5,6)7/h12-14H,10-11H2,1-9H3. The largest absolute Gasteiger partial charge is 0.591 e. The van der Waals surface area contributed by atoms with Gasteiger partial charge < -0.3 is 13.7 Å². The van der Waals surface area contributed by atoms with Gasteiger partial charge in [-0.25, -0.2) is 0 Å². The summed E-state index contributed by atoms with van der Waals surface area (Å²) in [7, 11) is -2.34. The first-order valence-electron chi connectivity index (χ1n) is 9.86. The predicted molar refractivity (Wildman–Crippen MR) is 120 cm³/mol. The van der Waals surface area contributed by atoms with Gasteiger partial charge in [0.05, 0.1) is 5.71 Å². The minimum Gasteiger partial charge on any atom is -0.591 e. The van der Waals surface area contributed by atoms with E-state index in [1.54, 1.807) is 13.0 Å². The molecule has 0 fully saturated rings. The van der Waals surface area contributed by atoms with Crippen molar-refractivity contribution >= 4 is 25.4 Å². The quantitative estimate of drug-likeness (QED) is 0.252. The van der Waals surface area contributed by atoms with Crippen LogP contribution in [-0.2, 0) is 17.8 Å². The van der Waals surface area contributed by atoms with E-state index in [0.717, 1.165) is 0 Å². The third-order valence-corrected chi connectivity index (χ3v) is 10.8. The SMILES string of the molecule is CC(CCc1ccc(O[Si](C)(C)C(C)(C)C)c(OC(F)(F)F)c1)=N[S+]([O-])C(C)(C)C. The lowest BCUT2D eigenvalue weighted by Gasteiger charge is -2.36. The van der Waals surface area contributed by atoms with Crippen molar-refractivity contribution in [2.24, 2.45) is 4.40 Å². The molecule has 1 aromatic rings.